The van der Waals surface area contributed by atoms with E-state index in [1.165, 1.54) is 0 Å². The van der Waals surface area contributed by atoms with Gasteiger partial charge in [0.1, 0.15) is 0 Å². The molecule has 0 bridgehead atoms. The fourth-order valence-electron chi connectivity index (χ4n) is 2.15. The van der Waals surface area contributed by atoms with E-state index in [2.05, 4.69) is 10.6 Å². The quantitative estimate of drug-likeness (QED) is 0.859. The van der Waals surface area contributed by atoms with Gasteiger partial charge in [0.15, 0.2) is 0 Å². The predicted molar refractivity (Wildman–Crippen MR) is 73.6 cm³/mol. The van der Waals surface area contributed by atoms with Crippen molar-refractivity contribution in [1.82, 2.24) is 10.6 Å². The van der Waals surface area contributed by atoms with Gasteiger partial charge in [-0.25, -0.2) is 0 Å². The largest absolute Gasteiger partial charge is 0.346 e. The summed E-state index contributed by atoms with van der Waals surface area (Å²) in [6, 6.07) is 7.76. The summed E-state index contributed by atoms with van der Waals surface area (Å²) in [7, 11) is 1.85. The van der Waals surface area contributed by atoms with Crippen LogP contribution in [0.25, 0.3) is 0 Å². The van der Waals surface area contributed by atoms with E-state index in [4.69, 9.17) is 11.6 Å². The smallest absolute Gasteiger partial charge is 0.224 e. The molecule has 0 spiro atoms. The van der Waals surface area contributed by atoms with Crippen LogP contribution >= 0.6 is 11.6 Å². The molecular weight excluding hydrogens is 248 g/mol. The number of carbonyl (C=O) groups excluding carboxylic acids is 1. The summed E-state index contributed by atoms with van der Waals surface area (Å²) in [4.78, 5) is 12.1. The van der Waals surface area contributed by atoms with E-state index in [0.717, 1.165) is 23.4 Å². The molecule has 1 aliphatic carbocycles. The Bertz CT molecular complexity index is 443. The first-order valence-electron chi connectivity index (χ1n) is 6.30. The van der Waals surface area contributed by atoms with Gasteiger partial charge in [0.05, 0.1) is 5.54 Å². The summed E-state index contributed by atoms with van der Waals surface area (Å²) in [6.45, 7) is 2.62. The maximum atomic E-state index is 12.1. The van der Waals surface area contributed by atoms with Crippen LogP contribution in [-0.2, 0) is 10.3 Å². The molecule has 0 heterocycles. The van der Waals surface area contributed by atoms with Crippen LogP contribution in [0.4, 0.5) is 0 Å². The zero-order valence-electron chi connectivity index (χ0n) is 10.8. The third kappa shape index (κ3) is 2.85. The number of hydrogen-bond acceptors (Lipinski definition) is 2. The molecule has 0 aromatic heterocycles. The van der Waals surface area contributed by atoms with Crippen LogP contribution in [0.5, 0.6) is 0 Å². The first kappa shape index (κ1) is 13.4. The average molecular weight is 267 g/mol. The van der Waals surface area contributed by atoms with Gasteiger partial charge in [-0.2, -0.15) is 0 Å². The van der Waals surface area contributed by atoms with Crippen molar-refractivity contribution in [2.45, 2.75) is 25.3 Å². The molecule has 2 N–H and O–H groups in total. The van der Waals surface area contributed by atoms with Crippen LogP contribution in [0.3, 0.4) is 0 Å². The number of benzene rings is 1. The van der Waals surface area contributed by atoms with E-state index in [1.807, 2.05) is 38.2 Å². The lowest BCUT2D eigenvalue weighted by molar-refractivity contribution is -0.125. The Morgan fingerprint density at radius 1 is 1.50 bits per heavy atom. The number of hydrogen-bond donors (Lipinski definition) is 2. The Balaban J connectivity index is 2.07. The second-order valence-electron chi connectivity index (χ2n) is 5.04. The minimum atomic E-state index is -0.177. The Labute approximate surface area is 113 Å². The Hall–Kier alpha value is -1.06. The summed E-state index contributed by atoms with van der Waals surface area (Å²) in [5.41, 5.74) is 0.935. The number of rotatable bonds is 5. The van der Waals surface area contributed by atoms with Gasteiger partial charge < -0.3 is 10.6 Å². The van der Waals surface area contributed by atoms with Crippen LogP contribution in [0.2, 0.25) is 5.02 Å². The van der Waals surface area contributed by atoms with Crippen LogP contribution in [0.15, 0.2) is 24.3 Å². The molecule has 4 heteroatoms. The second-order valence-corrected chi connectivity index (χ2v) is 5.48. The number of amides is 1. The standard InChI is InChI=1S/C14H19ClN2O/c1-10(9-16-2)13(18)17-14(6-7-14)11-4-3-5-12(15)8-11/h3-5,8,10,16H,6-7,9H2,1-2H3,(H,17,18). The van der Waals surface area contributed by atoms with Crippen molar-refractivity contribution in [2.24, 2.45) is 5.92 Å². The molecule has 1 unspecified atom stereocenters. The molecule has 18 heavy (non-hydrogen) atoms. The molecule has 1 aromatic carbocycles. The van der Waals surface area contributed by atoms with Crippen molar-refractivity contribution < 1.29 is 4.79 Å². The lowest BCUT2D eigenvalue weighted by Crippen LogP contribution is -2.40. The van der Waals surface area contributed by atoms with Gasteiger partial charge in [0.2, 0.25) is 5.91 Å². The topological polar surface area (TPSA) is 41.1 Å². The Morgan fingerprint density at radius 3 is 2.78 bits per heavy atom. The molecule has 1 saturated carbocycles. The van der Waals surface area contributed by atoms with Crippen LogP contribution in [-0.4, -0.2) is 19.5 Å². The molecule has 98 valence electrons. The van der Waals surface area contributed by atoms with Gasteiger partial charge in [-0.05, 0) is 37.6 Å². The molecular formula is C14H19ClN2O. The van der Waals surface area contributed by atoms with E-state index in [0.29, 0.717) is 6.54 Å². The molecule has 1 atom stereocenters. The molecule has 1 amide bonds. The minimum absolute atomic E-state index is 0.0216. The highest BCUT2D eigenvalue weighted by Crippen LogP contribution is 2.46. The van der Waals surface area contributed by atoms with Gasteiger partial charge in [-0.1, -0.05) is 30.7 Å². The first-order valence-corrected chi connectivity index (χ1v) is 6.68. The van der Waals surface area contributed by atoms with Crippen molar-refractivity contribution in [3.8, 4) is 0 Å². The summed E-state index contributed by atoms with van der Waals surface area (Å²) in [6.07, 6.45) is 1.98. The third-order valence-electron chi connectivity index (χ3n) is 3.45. The van der Waals surface area contributed by atoms with E-state index >= 15 is 0 Å². The monoisotopic (exact) mass is 266 g/mol. The number of halogens is 1. The van der Waals surface area contributed by atoms with Crippen molar-refractivity contribution in [3.05, 3.63) is 34.9 Å². The van der Waals surface area contributed by atoms with E-state index in [-0.39, 0.29) is 17.4 Å². The second kappa shape index (κ2) is 5.29. The lowest BCUT2D eigenvalue weighted by Gasteiger charge is -2.21. The zero-order chi connectivity index (χ0) is 13.2. The summed E-state index contributed by atoms with van der Waals surface area (Å²) in [5, 5.41) is 6.90. The molecule has 0 aliphatic heterocycles. The summed E-state index contributed by atoms with van der Waals surface area (Å²) in [5.74, 6) is 0.0773. The predicted octanol–water partition coefficient (Wildman–Crippen LogP) is 2.30. The van der Waals surface area contributed by atoms with Gasteiger partial charge in [0, 0.05) is 17.5 Å². The van der Waals surface area contributed by atoms with Gasteiger partial charge >= 0.3 is 0 Å². The average Bonchev–Trinajstić information content (AvgIpc) is 3.10. The van der Waals surface area contributed by atoms with E-state index in [1.54, 1.807) is 0 Å². The third-order valence-corrected chi connectivity index (χ3v) is 3.68. The molecule has 1 aromatic rings. The van der Waals surface area contributed by atoms with Crippen LogP contribution in [0, 0.1) is 5.92 Å². The Kier molecular flexibility index (Phi) is 3.93. The van der Waals surface area contributed by atoms with Gasteiger partial charge in [-0.3, -0.25) is 4.79 Å². The van der Waals surface area contributed by atoms with Crippen LogP contribution in [0.1, 0.15) is 25.3 Å². The first-order chi connectivity index (χ1) is 8.57. The maximum absolute atomic E-state index is 12.1. The molecule has 1 aliphatic rings. The van der Waals surface area contributed by atoms with E-state index < -0.39 is 0 Å². The number of nitrogens with one attached hydrogen (secondary N) is 2. The van der Waals surface area contributed by atoms with Crippen molar-refractivity contribution in [1.29, 1.82) is 0 Å². The highest BCUT2D eigenvalue weighted by molar-refractivity contribution is 6.30. The number of carbonyl (C=O) groups is 1. The SMILES string of the molecule is CNCC(C)C(=O)NC1(c2cccc(Cl)c2)CC1. The van der Waals surface area contributed by atoms with Crippen molar-refractivity contribution >= 4 is 17.5 Å². The van der Waals surface area contributed by atoms with Gasteiger partial charge in [0.25, 0.3) is 0 Å². The van der Waals surface area contributed by atoms with Gasteiger partial charge in [-0.15, -0.1) is 0 Å². The Morgan fingerprint density at radius 2 is 2.22 bits per heavy atom. The molecule has 1 fully saturated rings. The summed E-state index contributed by atoms with van der Waals surface area (Å²) < 4.78 is 0. The highest BCUT2D eigenvalue weighted by atomic mass is 35.5. The van der Waals surface area contributed by atoms with E-state index in [9.17, 15) is 4.79 Å². The van der Waals surface area contributed by atoms with Crippen molar-refractivity contribution in [3.63, 3.8) is 0 Å². The fourth-order valence-corrected chi connectivity index (χ4v) is 2.35. The molecule has 3 nitrogen and oxygen atoms in total. The molecule has 2 rings (SSSR count). The minimum Gasteiger partial charge on any atom is -0.346 e. The normalized spacial score (nSPS) is 18.2. The summed E-state index contributed by atoms with van der Waals surface area (Å²) >= 11 is 6.00. The molecule has 0 radical (unpaired) electrons. The zero-order valence-corrected chi connectivity index (χ0v) is 11.6. The highest BCUT2D eigenvalue weighted by Gasteiger charge is 2.46. The van der Waals surface area contributed by atoms with Crippen LogP contribution < -0.4 is 10.6 Å². The fraction of sp³-hybridized carbons (Fsp3) is 0.500. The molecule has 0 saturated heterocycles. The maximum Gasteiger partial charge on any atom is 0.224 e. The van der Waals surface area contributed by atoms with Crippen molar-refractivity contribution in [2.75, 3.05) is 13.6 Å². The lowest BCUT2D eigenvalue weighted by atomic mass is 10.0.